The number of halogens is 1. The van der Waals surface area contributed by atoms with Crippen LogP contribution in [0.2, 0.25) is 0 Å². The molecule has 82 valence electrons. The van der Waals surface area contributed by atoms with Crippen LogP contribution in [0.1, 0.15) is 11.6 Å². The van der Waals surface area contributed by atoms with Crippen LogP contribution in [0, 0.1) is 0 Å². The highest BCUT2D eigenvalue weighted by molar-refractivity contribution is 9.10. The number of benzene rings is 1. The predicted octanol–water partition coefficient (Wildman–Crippen LogP) is 1.80. The minimum atomic E-state index is -0.472. The van der Waals surface area contributed by atoms with Crippen molar-refractivity contribution in [1.29, 1.82) is 0 Å². The molecule has 0 heterocycles. The highest BCUT2D eigenvalue weighted by atomic mass is 79.9. The number of carbonyl (C=O) groups excluding carboxylic acids is 1. The van der Waals surface area contributed by atoms with Gasteiger partial charge >= 0.3 is 6.09 Å². The summed E-state index contributed by atoms with van der Waals surface area (Å²) in [7, 11) is 1.51. The number of nitrogens with one attached hydrogen (secondary N) is 1. The molecule has 0 aliphatic rings. The average Bonchev–Trinajstić information content (AvgIpc) is 2.25. The molecule has 1 amide bonds. The standard InChI is InChI=1S/C10H13BrN2O2/c1-13-10(14)15-6-9(12)7-3-2-4-8(11)5-7/h2-5,9H,6,12H2,1H3,(H,13,14)/t9-/m1/s1. The third kappa shape index (κ3) is 3.89. The third-order valence-electron chi connectivity index (χ3n) is 1.87. The van der Waals surface area contributed by atoms with Gasteiger partial charge < -0.3 is 15.8 Å². The Kier molecular flexibility index (Phi) is 4.58. The Morgan fingerprint density at radius 3 is 3.00 bits per heavy atom. The van der Waals surface area contributed by atoms with E-state index in [0.29, 0.717) is 0 Å². The van der Waals surface area contributed by atoms with Crippen LogP contribution in [-0.4, -0.2) is 19.7 Å². The summed E-state index contributed by atoms with van der Waals surface area (Å²) in [6.45, 7) is 0.163. The lowest BCUT2D eigenvalue weighted by molar-refractivity contribution is 0.141. The van der Waals surface area contributed by atoms with Crippen molar-refractivity contribution < 1.29 is 9.53 Å². The second kappa shape index (κ2) is 5.72. The first kappa shape index (κ1) is 12.0. The Balaban J connectivity index is 2.53. The monoisotopic (exact) mass is 272 g/mol. The lowest BCUT2D eigenvalue weighted by Gasteiger charge is -2.12. The molecule has 0 spiro atoms. The van der Waals surface area contributed by atoms with E-state index in [4.69, 9.17) is 10.5 Å². The van der Waals surface area contributed by atoms with Crippen LogP contribution in [0.25, 0.3) is 0 Å². The number of alkyl carbamates (subject to hydrolysis) is 1. The Hall–Kier alpha value is -1.07. The molecule has 0 aromatic heterocycles. The number of hydrogen-bond donors (Lipinski definition) is 2. The molecule has 15 heavy (non-hydrogen) atoms. The normalized spacial score (nSPS) is 11.9. The predicted molar refractivity (Wildman–Crippen MR) is 61.5 cm³/mol. The van der Waals surface area contributed by atoms with Crippen molar-refractivity contribution >= 4 is 22.0 Å². The minimum Gasteiger partial charge on any atom is -0.448 e. The molecular weight excluding hydrogens is 260 g/mol. The summed E-state index contributed by atoms with van der Waals surface area (Å²) in [6, 6.07) is 7.29. The zero-order valence-electron chi connectivity index (χ0n) is 8.37. The molecule has 0 unspecified atom stereocenters. The molecule has 1 atom stereocenters. The summed E-state index contributed by atoms with van der Waals surface area (Å²) >= 11 is 3.35. The van der Waals surface area contributed by atoms with E-state index in [1.807, 2.05) is 24.3 Å². The Labute approximate surface area is 96.9 Å². The van der Waals surface area contributed by atoms with E-state index in [1.54, 1.807) is 0 Å². The zero-order chi connectivity index (χ0) is 11.3. The maximum atomic E-state index is 10.8. The maximum Gasteiger partial charge on any atom is 0.406 e. The van der Waals surface area contributed by atoms with E-state index in [9.17, 15) is 4.79 Å². The number of hydrogen-bond acceptors (Lipinski definition) is 3. The second-order valence-electron chi connectivity index (χ2n) is 3.01. The molecule has 1 rings (SSSR count). The molecule has 4 nitrogen and oxygen atoms in total. The van der Waals surface area contributed by atoms with Crippen molar-refractivity contribution in [2.45, 2.75) is 6.04 Å². The first-order valence-electron chi connectivity index (χ1n) is 4.49. The molecule has 0 aliphatic carbocycles. The third-order valence-corrected chi connectivity index (χ3v) is 2.37. The van der Waals surface area contributed by atoms with Gasteiger partial charge in [0.25, 0.3) is 0 Å². The van der Waals surface area contributed by atoms with Crippen LogP contribution >= 0.6 is 15.9 Å². The molecule has 1 aromatic carbocycles. The molecule has 0 aliphatic heterocycles. The summed E-state index contributed by atoms with van der Waals surface area (Å²) in [5, 5.41) is 2.36. The van der Waals surface area contributed by atoms with Crippen LogP contribution in [-0.2, 0) is 4.74 Å². The van der Waals surface area contributed by atoms with E-state index >= 15 is 0 Å². The van der Waals surface area contributed by atoms with Crippen LogP contribution in [0.3, 0.4) is 0 Å². The van der Waals surface area contributed by atoms with Crippen LogP contribution < -0.4 is 11.1 Å². The fourth-order valence-electron chi connectivity index (χ4n) is 1.07. The zero-order valence-corrected chi connectivity index (χ0v) is 9.95. The van der Waals surface area contributed by atoms with Gasteiger partial charge in [0.2, 0.25) is 0 Å². The van der Waals surface area contributed by atoms with Gasteiger partial charge in [0.15, 0.2) is 0 Å². The summed E-state index contributed by atoms with van der Waals surface area (Å²) < 4.78 is 5.81. The fourth-order valence-corrected chi connectivity index (χ4v) is 1.49. The van der Waals surface area contributed by atoms with Crippen molar-refractivity contribution in [1.82, 2.24) is 5.32 Å². The Morgan fingerprint density at radius 2 is 2.40 bits per heavy atom. The highest BCUT2D eigenvalue weighted by Crippen LogP contribution is 2.16. The number of nitrogens with two attached hydrogens (primary N) is 1. The highest BCUT2D eigenvalue weighted by Gasteiger charge is 2.08. The molecule has 1 aromatic rings. The van der Waals surface area contributed by atoms with Crippen molar-refractivity contribution in [2.24, 2.45) is 5.73 Å². The van der Waals surface area contributed by atoms with Gasteiger partial charge in [0.1, 0.15) is 6.61 Å². The van der Waals surface area contributed by atoms with Crippen LogP contribution in [0.5, 0.6) is 0 Å². The van der Waals surface area contributed by atoms with Gasteiger partial charge in [-0.3, -0.25) is 0 Å². The van der Waals surface area contributed by atoms with Gasteiger partial charge in [0, 0.05) is 11.5 Å². The largest absolute Gasteiger partial charge is 0.448 e. The first-order chi connectivity index (χ1) is 7.13. The fraction of sp³-hybridized carbons (Fsp3) is 0.300. The Bertz CT molecular complexity index is 344. The van der Waals surface area contributed by atoms with Gasteiger partial charge in [-0.25, -0.2) is 4.79 Å². The molecule has 5 heteroatoms. The SMILES string of the molecule is CNC(=O)OC[C@@H](N)c1cccc(Br)c1. The molecule has 0 bridgehead atoms. The van der Waals surface area contributed by atoms with Gasteiger partial charge in [-0.15, -0.1) is 0 Å². The quantitative estimate of drug-likeness (QED) is 0.882. The van der Waals surface area contributed by atoms with Crippen molar-refractivity contribution in [3.05, 3.63) is 34.3 Å². The average molecular weight is 273 g/mol. The maximum absolute atomic E-state index is 10.8. The Morgan fingerprint density at radius 1 is 1.67 bits per heavy atom. The van der Waals surface area contributed by atoms with Crippen molar-refractivity contribution in [2.75, 3.05) is 13.7 Å². The summed E-state index contributed by atoms with van der Waals surface area (Å²) in [6.07, 6.45) is -0.472. The molecule has 0 saturated carbocycles. The number of rotatable bonds is 3. The molecule has 0 fully saturated rings. The van der Waals surface area contributed by atoms with Gasteiger partial charge in [-0.1, -0.05) is 28.1 Å². The minimum absolute atomic E-state index is 0.163. The lowest BCUT2D eigenvalue weighted by Crippen LogP contribution is -2.25. The van der Waals surface area contributed by atoms with Crippen molar-refractivity contribution in [3.8, 4) is 0 Å². The van der Waals surface area contributed by atoms with Gasteiger partial charge in [0.05, 0.1) is 6.04 Å². The number of ether oxygens (including phenoxy) is 1. The van der Waals surface area contributed by atoms with Crippen molar-refractivity contribution in [3.63, 3.8) is 0 Å². The van der Waals surface area contributed by atoms with Crippen LogP contribution in [0.4, 0.5) is 4.79 Å². The molecule has 0 radical (unpaired) electrons. The van der Waals surface area contributed by atoms with Gasteiger partial charge in [-0.2, -0.15) is 0 Å². The topological polar surface area (TPSA) is 64.3 Å². The molecule has 3 N–H and O–H groups in total. The van der Waals surface area contributed by atoms with E-state index in [1.165, 1.54) is 7.05 Å². The van der Waals surface area contributed by atoms with Gasteiger partial charge in [-0.05, 0) is 17.7 Å². The van der Waals surface area contributed by atoms with E-state index in [2.05, 4.69) is 21.2 Å². The van der Waals surface area contributed by atoms with E-state index in [0.717, 1.165) is 10.0 Å². The van der Waals surface area contributed by atoms with E-state index in [-0.39, 0.29) is 12.6 Å². The summed E-state index contributed by atoms with van der Waals surface area (Å²) in [5.41, 5.74) is 6.77. The molecular formula is C10H13BrN2O2. The van der Waals surface area contributed by atoms with Crippen LogP contribution in [0.15, 0.2) is 28.7 Å². The summed E-state index contributed by atoms with van der Waals surface area (Å²) in [4.78, 5) is 10.8. The second-order valence-corrected chi connectivity index (χ2v) is 3.93. The summed E-state index contributed by atoms with van der Waals surface area (Å²) in [5.74, 6) is 0. The number of amides is 1. The van der Waals surface area contributed by atoms with E-state index < -0.39 is 6.09 Å². The smallest absolute Gasteiger partial charge is 0.406 e. The number of carbonyl (C=O) groups is 1. The lowest BCUT2D eigenvalue weighted by atomic mass is 10.1. The first-order valence-corrected chi connectivity index (χ1v) is 5.28. The molecule has 0 saturated heterocycles.